The lowest BCUT2D eigenvalue weighted by Gasteiger charge is -2.36. The molecule has 1 aliphatic rings. The molecule has 0 radical (unpaired) electrons. The standard InChI is InChI=1S/C13H18ClN3O/c1-10(18)16-5-7-17(8-6-16)13-4-2-3-12(14)11(13)9-15/h2-4H,5-9,15H2,1H3. The largest absolute Gasteiger partial charge is 0.368 e. The van der Waals surface area contributed by atoms with Gasteiger partial charge in [-0.15, -0.1) is 0 Å². The van der Waals surface area contributed by atoms with Crippen LogP contribution in [0, 0.1) is 0 Å². The molecule has 0 saturated carbocycles. The van der Waals surface area contributed by atoms with Gasteiger partial charge in [0.1, 0.15) is 0 Å². The quantitative estimate of drug-likeness (QED) is 0.883. The Labute approximate surface area is 112 Å². The second-order valence-electron chi connectivity index (χ2n) is 4.43. The minimum absolute atomic E-state index is 0.139. The molecule has 18 heavy (non-hydrogen) atoms. The van der Waals surface area contributed by atoms with Crippen LogP contribution in [0.5, 0.6) is 0 Å². The third-order valence-corrected chi connectivity index (χ3v) is 3.72. The van der Waals surface area contributed by atoms with Crippen molar-refractivity contribution in [2.24, 2.45) is 5.73 Å². The highest BCUT2D eigenvalue weighted by molar-refractivity contribution is 6.31. The van der Waals surface area contributed by atoms with Gasteiger partial charge in [0.2, 0.25) is 5.91 Å². The average Bonchev–Trinajstić information content (AvgIpc) is 2.38. The summed E-state index contributed by atoms with van der Waals surface area (Å²) < 4.78 is 0. The van der Waals surface area contributed by atoms with Gasteiger partial charge in [-0.3, -0.25) is 4.79 Å². The number of amides is 1. The first-order valence-corrected chi connectivity index (χ1v) is 6.49. The van der Waals surface area contributed by atoms with Gasteiger partial charge < -0.3 is 15.5 Å². The molecule has 1 heterocycles. The third kappa shape index (κ3) is 2.60. The van der Waals surface area contributed by atoms with E-state index >= 15 is 0 Å². The topological polar surface area (TPSA) is 49.6 Å². The normalized spacial score (nSPS) is 15.9. The Morgan fingerprint density at radius 3 is 2.56 bits per heavy atom. The summed E-state index contributed by atoms with van der Waals surface area (Å²) in [6.07, 6.45) is 0. The highest BCUT2D eigenvalue weighted by atomic mass is 35.5. The van der Waals surface area contributed by atoms with Gasteiger partial charge in [-0.25, -0.2) is 0 Å². The summed E-state index contributed by atoms with van der Waals surface area (Å²) >= 11 is 6.16. The molecule has 0 spiro atoms. The van der Waals surface area contributed by atoms with Crippen molar-refractivity contribution in [3.63, 3.8) is 0 Å². The summed E-state index contributed by atoms with van der Waals surface area (Å²) in [5, 5.41) is 0.712. The number of hydrogen-bond acceptors (Lipinski definition) is 3. The first-order chi connectivity index (χ1) is 8.63. The van der Waals surface area contributed by atoms with Gasteiger partial charge in [0.05, 0.1) is 0 Å². The molecule has 1 aromatic carbocycles. The second kappa shape index (κ2) is 5.59. The number of anilines is 1. The maximum Gasteiger partial charge on any atom is 0.219 e. The van der Waals surface area contributed by atoms with Crippen molar-refractivity contribution in [1.29, 1.82) is 0 Å². The summed E-state index contributed by atoms with van der Waals surface area (Å²) in [5.41, 5.74) is 7.83. The molecule has 1 fully saturated rings. The SMILES string of the molecule is CC(=O)N1CCN(c2cccc(Cl)c2CN)CC1. The van der Waals surface area contributed by atoms with Crippen molar-refractivity contribution in [2.45, 2.75) is 13.5 Å². The first kappa shape index (κ1) is 13.2. The van der Waals surface area contributed by atoms with Crippen LogP contribution in [0.25, 0.3) is 0 Å². The first-order valence-electron chi connectivity index (χ1n) is 6.11. The van der Waals surface area contributed by atoms with Crippen molar-refractivity contribution >= 4 is 23.2 Å². The zero-order chi connectivity index (χ0) is 13.1. The van der Waals surface area contributed by atoms with Gasteiger partial charge in [-0.2, -0.15) is 0 Å². The molecule has 1 amide bonds. The molecule has 1 aliphatic heterocycles. The van der Waals surface area contributed by atoms with Crippen LogP contribution in [0.15, 0.2) is 18.2 Å². The Balaban J connectivity index is 2.14. The third-order valence-electron chi connectivity index (χ3n) is 3.36. The number of hydrogen-bond donors (Lipinski definition) is 1. The zero-order valence-electron chi connectivity index (χ0n) is 10.5. The average molecular weight is 268 g/mol. The Hall–Kier alpha value is -1.26. The van der Waals surface area contributed by atoms with E-state index in [-0.39, 0.29) is 5.91 Å². The van der Waals surface area contributed by atoms with Crippen LogP contribution in [0.2, 0.25) is 5.02 Å². The monoisotopic (exact) mass is 267 g/mol. The summed E-state index contributed by atoms with van der Waals surface area (Å²) in [5.74, 6) is 0.139. The van der Waals surface area contributed by atoms with Crippen molar-refractivity contribution in [2.75, 3.05) is 31.1 Å². The van der Waals surface area contributed by atoms with E-state index in [1.807, 2.05) is 23.1 Å². The van der Waals surface area contributed by atoms with Crippen LogP contribution < -0.4 is 10.6 Å². The van der Waals surface area contributed by atoms with Crippen LogP contribution >= 0.6 is 11.6 Å². The van der Waals surface area contributed by atoms with Gasteiger partial charge >= 0.3 is 0 Å². The molecular formula is C13H18ClN3O. The number of carbonyl (C=O) groups excluding carboxylic acids is 1. The maximum absolute atomic E-state index is 11.3. The van der Waals surface area contributed by atoms with E-state index in [4.69, 9.17) is 17.3 Å². The summed E-state index contributed by atoms with van der Waals surface area (Å²) in [4.78, 5) is 15.4. The van der Waals surface area contributed by atoms with E-state index in [0.717, 1.165) is 37.4 Å². The van der Waals surface area contributed by atoms with E-state index in [0.29, 0.717) is 11.6 Å². The van der Waals surface area contributed by atoms with Gasteiger partial charge in [0, 0.05) is 55.9 Å². The van der Waals surface area contributed by atoms with Gasteiger partial charge in [-0.1, -0.05) is 17.7 Å². The highest BCUT2D eigenvalue weighted by Crippen LogP contribution is 2.27. The Kier molecular flexibility index (Phi) is 4.09. The molecule has 0 atom stereocenters. The maximum atomic E-state index is 11.3. The summed E-state index contributed by atoms with van der Waals surface area (Å²) in [6.45, 7) is 5.21. The van der Waals surface area contributed by atoms with Crippen LogP contribution in [-0.4, -0.2) is 37.0 Å². The Morgan fingerprint density at radius 2 is 2.00 bits per heavy atom. The molecule has 0 aliphatic carbocycles. The number of nitrogens with two attached hydrogens (primary N) is 1. The molecule has 0 aromatic heterocycles. The number of halogens is 1. The fraction of sp³-hybridized carbons (Fsp3) is 0.462. The molecule has 0 unspecified atom stereocenters. The minimum atomic E-state index is 0.139. The summed E-state index contributed by atoms with van der Waals surface area (Å²) in [6, 6.07) is 5.84. The fourth-order valence-corrected chi connectivity index (χ4v) is 2.55. The van der Waals surface area contributed by atoms with Gasteiger partial charge in [-0.05, 0) is 12.1 Å². The van der Waals surface area contributed by atoms with E-state index in [1.54, 1.807) is 6.92 Å². The van der Waals surface area contributed by atoms with Gasteiger partial charge in [0.25, 0.3) is 0 Å². The number of rotatable bonds is 2. The minimum Gasteiger partial charge on any atom is -0.368 e. The van der Waals surface area contributed by atoms with Crippen molar-refractivity contribution in [3.05, 3.63) is 28.8 Å². The fourth-order valence-electron chi connectivity index (χ4n) is 2.31. The number of carbonyl (C=O) groups is 1. The van der Waals surface area contributed by atoms with E-state index < -0.39 is 0 Å². The molecule has 2 rings (SSSR count). The lowest BCUT2D eigenvalue weighted by molar-refractivity contribution is -0.129. The Morgan fingerprint density at radius 1 is 1.33 bits per heavy atom. The molecule has 5 heteroatoms. The molecule has 0 bridgehead atoms. The molecule has 1 saturated heterocycles. The van der Waals surface area contributed by atoms with Crippen LogP contribution in [0.1, 0.15) is 12.5 Å². The lowest BCUT2D eigenvalue weighted by atomic mass is 10.1. The van der Waals surface area contributed by atoms with Crippen molar-refractivity contribution in [3.8, 4) is 0 Å². The van der Waals surface area contributed by atoms with Crippen molar-refractivity contribution < 1.29 is 4.79 Å². The van der Waals surface area contributed by atoms with Crippen LogP contribution in [0.3, 0.4) is 0 Å². The highest BCUT2D eigenvalue weighted by Gasteiger charge is 2.20. The number of piperazine rings is 1. The smallest absolute Gasteiger partial charge is 0.219 e. The predicted octanol–water partition coefficient (Wildman–Crippen LogP) is 1.47. The molecule has 98 valence electrons. The zero-order valence-corrected chi connectivity index (χ0v) is 11.3. The molecular weight excluding hydrogens is 250 g/mol. The number of benzene rings is 1. The van der Waals surface area contributed by atoms with Gasteiger partial charge in [0.15, 0.2) is 0 Å². The lowest BCUT2D eigenvalue weighted by Crippen LogP contribution is -2.48. The van der Waals surface area contributed by atoms with E-state index in [1.165, 1.54) is 0 Å². The number of nitrogens with zero attached hydrogens (tertiary/aromatic N) is 2. The van der Waals surface area contributed by atoms with Crippen molar-refractivity contribution in [1.82, 2.24) is 4.90 Å². The second-order valence-corrected chi connectivity index (χ2v) is 4.84. The van der Waals surface area contributed by atoms with Crippen LogP contribution in [0.4, 0.5) is 5.69 Å². The van der Waals surface area contributed by atoms with E-state index in [9.17, 15) is 4.79 Å². The van der Waals surface area contributed by atoms with Crippen LogP contribution in [-0.2, 0) is 11.3 Å². The Bertz CT molecular complexity index is 442. The predicted molar refractivity (Wildman–Crippen MR) is 73.8 cm³/mol. The molecule has 4 nitrogen and oxygen atoms in total. The van der Waals surface area contributed by atoms with E-state index in [2.05, 4.69) is 4.90 Å². The molecule has 1 aromatic rings. The summed E-state index contributed by atoms with van der Waals surface area (Å²) in [7, 11) is 0. The molecule has 2 N–H and O–H groups in total.